The largest absolute Gasteiger partial charge is 0.497 e. The minimum Gasteiger partial charge on any atom is -0.497 e. The Morgan fingerprint density at radius 1 is 1.23 bits per heavy atom. The van der Waals surface area contributed by atoms with Gasteiger partial charge in [-0.3, -0.25) is 14.5 Å². The van der Waals surface area contributed by atoms with E-state index in [1.807, 2.05) is 54.6 Å². The minimum atomic E-state index is -0.379. The van der Waals surface area contributed by atoms with Gasteiger partial charge in [-0.2, -0.15) is 0 Å². The third-order valence-corrected chi connectivity index (χ3v) is 6.14. The van der Waals surface area contributed by atoms with E-state index in [1.165, 1.54) is 16.7 Å². The molecule has 2 N–H and O–H groups in total. The van der Waals surface area contributed by atoms with Crippen molar-refractivity contribution < 1.29 is 19.4 Å². The Morgan fingerprint density at radius 2 is 1.94 bits per heavy atom. The SMILES string of the molecule is COc1ccc(/C=C2/SC(=S)N(CCC(=O)N[C@@H](CO)Cc3ccccc3)C2=O)cc1. The molecule has 2 aromatic rings. The first-order chi connectivity index (χ1) is 15.0. The minimum absolute atomic E-state index is 0.105. The number of carbonyl (C=O) groups excluding carboxylic acids is 2. The number of amides is 2. The molecule has 1 heterocycles. The van der Waals surface area contributed by atoms with Crippen molar-refractivity contribution in [2.24, 2.45) is 0 Å². The number of nitrogens with zero attached hydrogens (tertiary/aromatic N) is 1. The lowest BCUT2D eigenvalue weighted by molar-refractivity contribution is -0.124. The molecular formula is C23H24N2O4S2. The van der Waals surface area contributed by atoms with Crippen LogP contribution in [0.15, 0.2) is 59.5 Å². The second kappa shape index (κ2) is 11.1. The molecule has 2 amide bonds. The third-order valence-electron chi connectivity index (χ3n) is 4.76. The lowest BCUT2D eigenvalue weighted by Gasteiger charge is -2.18. The van der Waals surface area contributed by atoms with Gasteiger partial charge in [0.25, 0.3) is 5.91 Å². The molecule has 0 bridgehead atoms. The van der Waals surface area contributed by atoms with Crippen LogP contribution in [0.5, 0.6) is 5.75 Å². The Labute approximate surface area is 191 Å². The van der Waals surface area contributed by atoms with Gasteiger partial charge in [-0.15, -0.1) is 0 Å². The number of carbonyl (C=O) groups is 2. The van der Waals surface area contributed by atoms with Crippen molar-refractivity contribution in [3.05, 3.63) is 70.6 Å². The van der Waals surface area contributed by atoms with Crippen molar-refractivity contribution in [1.82, 2.24) is 10.2 Å². The average Bonchev–Trinajstić information content (AvgIpc) is 3.05. The van der Waals surface area contributed by atoms with Crippen molar-refractivity contribution >= 4 is 46.2 Å². The van der Waals surface area contributed by atoms with E-state index in [4.69, 9.17) is 17.0 Å². The van der Waals surface area contributed by atoms with Crippen LogP contribution >= 0.6 is 24.0 Å². The van der Waals surface area contributed by atoms with Crippen molar-refractivity contribution in [3.63, 3.8) is 0 Å². The fraction of sp³-hybridized carbons (Fsp3) is 0.261. The fourth-order valence-corrected chi connectivity index (χ4v) is 4.43. The molecule has 0 aliphatic carbocycles. The predicted octanol–water partition coefficient (Wildman–Crippen LogP) is 3.01. The summed E-state index contributed by atoms with van der Waals surface area (Å²) < 4.78 is 5.57. The van der Waals surface area contributed by atoms with Crippen molar-refractivity contribution in [3.8, 4) is 5.75 Å². The van der Waals surface area contributed by atoms with Crippen molar-refractivity contribution in [1.29, 1.82) is 0 Å². The average molecular weight is 457 g/mol. The Balaban J connectivity index is 1.54. The second-order valence-electron chi connectivity index (χ2n) is 6.99. The van der Waals surface area contributed by atoms with Gasteiger partial charge < -0.3 is 15.2 Å². The number of hydrogen-bond donors (Lipinski definition) is 2. The molecule has 1 atom stereocenters. The molecule has 0 radical (unpaired) electrons. The zero-order valence-corrected chi connectivity index (χ0v) is 18.7. The number of thiocarbonyl (C=S) groups is 1. The van der Waals surface area contributed by atoms with E-state index in [2.05, 4.69) is 5.32 Å². The molecular weight excluding hydrogens is 432 g/mol. The van der Waals surface area contributed by atoms with Gasteiger partial charge in [0, 0.05) is 13.0 Å². The number of rotatable bonds is 9. The highest BCUT2D eigenvalue weighted by Crippen LogP contribution is 2.32. The van der Waals surface area contributed by atoms with E-state index in [0.29, 0.717) is 15.6 Å². The standard InChI is InChI=1S/C23H24N2O4S2/c1-29-19-9-7-17(8-10-19)14-20-22(28)25(23(30)31-20)12-11-21(27)24-18(15-26)13-16-5-3-2-4-6-16/h2-10,14,18,26H,11-13,15H2,1H3,(H,24,27)/b20-14+/t18-/m1/s1. The zero-order valence-electron chi connectivity index (χ0n) is 17.1. The molecule has 0 spiro atoms. The van der Waals surface area contributed by atoms with Crippen LogP contribution < -0.4 is 10.1 Å². The molecule has 6 nitrogen and oxygen atoms in total. The summed E-state index contributed by atoms with van der Waals surface area (Å²) in [6.45, 7) is 0.0340. The maximum Gasteiger partial charge on any atom is 0.266 e. The van der Waals surface area contributed by atoms with Gasteiger partial charge in [0.2, 0.25) is 5.91 Å². The molecule has 2 aromatic carbocycles. The molecule has 1 fully saturated rings. The van der Waals surface area contributed by atoms with Crippen molar-refractivity contribution in [2.45, 2.75) is 18.9 Å². The van der Waals surface area contributed by atoms with Gasteiger partial charge in [0.1, 0.15) is 10.1 Å². The van der Waals surface area contributed by atoms with Crippen LogP contribution in [0.1, 0.15) is 17.5 Å². The van der Waals surface area contributed by atoms with Gasteiger partial charge in [-0.05, 0) is 35.8 Å². The van der Waals surface area contributed by atoms with Gasteiger partial charge >= 0.3 is 0 Å². The topological polar surface area (TPSA) is 78.9 Å². The Bertz CT molecular complexity index is 961. The molecule has 0 unspecified atom stereocenters. The van der Waals surface area contributed by atoms with Gasteiger partial charge in [-0.1, -0.05) is 66.4 Å². The second-order valence-corrected chi connectivity index (χ2v) is 8.67. The molecule has 0 aromatic heterocycles. The summed E-state index contributed by atoms with van der Waals surface area (Å²) in [4.78, 5) is 27.1. The molecule has 8 heteroatoms. The number of aliphatic hydroxyl groups is 1. The number of ether oxygens (including phenoxy) is 1. The summed E-state index contributed by atoms with van der Waals surface area (Å²) in [5, 5.41) is 12.4. The number of hydrogen-bond acceptors (Lipinski definition) is 6. The van der Waals surface area contributed by atoms with Crippen LogP contribution in [0.4, 0.5) is 0 Å². The maximum atomic E-state index is 12.7. The van der Waals surface area contributed by atoms with Crippen LogP contribution in [0.3, 0.4) is 0 Å². The van der Waals surface area contributed by atoms with Crippen LogP contribution in [0, 0.1) is 0 Å². The number of aliphatic hydroxyl groups excluding tert-OH is 1. The number of thioether (sulfide) groups is 1. The number of benzene rings is 2. The molecule has 31 heavy (non-hydrogen) atoms. The summed E-state index contributed by atoms with van der Waals surface area (Å²) >= 11 is 6.56. The quantitative estimate of drug-likeness (QED) is 0.446. The van der Waals surface area contributed by atoms with Crippen LogP contribution in [0.2, 0.25) is 0 Å². The van der Waals surface area contributed by atoms with Crippen molar-refractivity contribution in [2.75, 3.05) is 20.3 Å². The molecule has 162 valence electrons. The van der Waals surface area contributed by atoms with Gasteiger partial charge in [0.05, 0.1) is 24.7 Å². The highest BCUT2D eigenvalue weighted by Gasteiger charge is 2.32. The normalized spacial score (nSPS) is 15.9. The highest BCUT2D eigenvalue weighted by atomic mass is 32.2. The van der Waals surface area contributed by atoms with E-state index >= 15 is 0 Å². The van der Waals surface area contributed by atoms with E-state index in [9.17, 15) is 14.7 Å². The lowest BCUT2D eigenvalue weighted by atomic mass is 10.1. The zero-order chi connectivity index (χ0) is 22.2. The van der Waals surface area contributed by atoms with E-state index < -0.39 is 0 Å². The first kappa shape index (κ1) is 23.0. The first-order valence-corrected chi connectivity index (χ1v) is 11.1. The summed E-state index contributed by atoms with van der Waals surface area (Å²) in [7, 11) is 1.60. The highest BCUT2D eigenvalue weighted by molar-refractivity contribution is 8.26. The molecule has 1 saturated heterocycles. The smallest absolute Gasteiger partial charge is 0.266 e. The van der Waals surface area contributed by atoms with Crippen LogP contribution in [-0.2, 0) is 16.0 Å². The maximum absolute atomic E-state index is 12.7. The number of nitrogens with one attached hydrogen (secondary N) is 1. The van der Waals surface area contributed by atoms with E-state index in [1.54, 1.807) is 13.2 Å². The Morgan fingerprint density at radius 3 is 2.58 bits per heavy atom. The molecule has 3 rings (SSSR count). The summed E-state index contributed by atoms with van der Waals surface area (Å²) in [6.07, 6.45) is 2.42. The van der Waals surface area contributed by atoms with Crippen LogP contribution in [-0.4, -0.2) is 52.4 Å². The lowest BCUT2D eigenvalue weighted by Crippen LogP contribution is -2.41. The summed E-state index contributed by atoms with van der Waals surface area (Å²) in [5.74, 6) is 0.300. The van der Waals surface area contributed by atoms with Gasteiger partial charge in [0.15, 0.2) is 0 Å². The number of methoxy groups -OCH3 is 1. The fourth-order valence-electron chi connectivity index (χ4n) is 3.12. The summed E-state index contributed by atoms with van der Waals surface area (Å²) in [5.41, 5.74) is 1.90. The summed E-state index contributed by atoms with van der Waals surface area (Å²) in [6, 6.07) is 16.6. The van der Waals surface area contributed by atoms with E-state index in [-0.39, 0.29) is 37.4 Å². The van der Waals surface area contributed by atoms with Gasteiger partial charge in [-0.25, -0.2) is 0 Å². The molecule has 1 aliphatic heterocycles. The van der Waals surface area contributed by atoms with Crippen LogP contribution in [0.25, 0.3) is 6.08 Å². The Hall–Kier alpha value is -2.68. The molecule has 1 aliphatic rings. The first-order valence-electron chi connectivity index (χ1n) is 9.83. The third kappa shape index (κ3) is 6.40. The monoisotopic (exact) mass is 456 g/mol. The Kier molecular flexibility index (Phi) is 8.22. The van der Waals surface area contributed by atoms with E-state index in [0.717, 1.165) is 16.9 Å². The predicted molar refractivity (Wildman–Crippen MR) is 127 cm³/mol. The molecule has 0 saturated carbocycles.